The molecule has 0 radical (unpaired) electrons. The van der Waals surface area contributed by atoms with Crippen LogP contribution in [-0.2, 0) is 11.2 Å². The van der Waals surface area contributed by atoms with Gasteiger partial charge in [0.15, 0.2) is 5.82 Å². The molecule has 1 fully saturated rings. The van der Waals surface area contributed by atoms with Crippen molar-refractivity contribution in [1.29, 1.82) is 0 Å². The quantitative estimate of drug-likeness (QED) is 0.828. The van der Waals surface area contributed by atoms with E-state index in [1.807, 2.05) is 23.1 Å². The lowest BCUT2D eigenvalue weighted by atomic mass is 10.0. The van der Waals surface area contributed by atoms with Crippen LogP contribution in [0.3, 0.4) is 0 Å². The van der Waals surface area contributed by atoms with Crippen LogP contribution in [0.5, 0.6) is 5.88 Å². The first-order valence-corrected chi connectivity index (χ1v) is 9.19. The van der Waals surface area contributed by atoms with Crippen molar-refractivity contribution in [1.82, 2.24) is 14.9 Å². The molecule has 1 aromatic heterocycles. The van der Waals surface area contributed by atoms with Crippen LogP contribution < -0.4 is 10.1 Å². The van der Waals surface area contributed by atoms with Gasteiger partial charge in [-0.1, -0.05) is 30.3 Å². The van der Waals surface area contributed by atoms with Crippen LogP contribution in [0.4, 0.5) is 5.82 Å². The van der Waals surface area contributed by atoms with Gasteiger partial charge >= 0.3 is 0 Å². The Bertz CT molecular complexity index is 700. The van der Waals surface area contributed by atoms with E-state index < -0.39 is 0 Å². The van der Waals surface area contributed by atoms with Gasteiger partial charge in [-0.05, 0) is 31.2 Å². The molecule has 0 bridgehead atoms. The molecule has 1 N–H and O–H groups in total. The van der Waals surface area contributed by atoms with Crippen molar-refractivity contribution in [3.05, 3.63) is 48.3 Å². The molecule has 0 unspecified atom stereocenters. The Balaban J connectivity index is 1.41. The number of rotatable bonds is 7. The van der Waals surface area contributed by atoms with Gasteiger partial charge in [0.1, 0.15) is 0 Å². The number of ether oxygens (including phenoxy) is 1. The van der Waals surface area contributed by atoms with Crippen molar-refractivity contribution >= 4 is 11.7 Å². The van der Waals surface area contributed by atoms with Gasteiger partial charge in [-0.25, -0.2) is 9.97 Å². The number of methoxy groups -OCH3 is 1. The van der Waals surface area contributed by atoms with Gasteiger partial charge in [0.25, 0.3) is 5.88 Å². The zero-order chi connectivity index (χ0) is 18.2. The first kappa shape index (κ1) is 18.2. The van der Waals surface area contributed by atoms with Gasteiger partial charge in [-0.3, -0.25) is 4.79 Å². The highest BCUT2D eigenvalue weighted by Crippen LogP contribution is 2.21. The highest BCUT2D eigenvalue weighted by Gasteiger charge is 2.23. The molecule has 1 amide bonds. The van der Waals surface area contributed by atoms with Gasteiger partial charge in [-0.15, -0.1) is 0 Å². The number of aromatic nitrogens is 2. The lowest BCUT2D eigenvalue weighted by Gasteiger charge is -2.32. The number of amides is 1. The number of nitrogens with zero attached hydrogens (tertiary/aromatic N) is 3. The number of hydrogen-bond donors (Lipinski definition) is 1. The molecule has 1 aromatic carbocycles. The minimum atomic E-state index is 0.261. The van der Waals surface area contributed by atoms with Crippen LogP contribution in [0.25, 0.3) is 0 Å². The summed E-state index contributed by atoms with van der Waals surface area (Å²) in [7, 11) is 1.59. The molecule has 0 aliphatic carbocycles. The van der Waals surface area contributed by atoms with Crippen molar-refractivity contribution in [3.8, 4) is 5.88 Å². The first-order valence-electron chi connectivity index (χ1n) is 9.19. The van der Waals surface area contributed by atoms with Crippen molar-refractivity contribution in [2.24, 2.45) is 0 Å². The Hall–Kier alpha value is -2.63. The highest BCUT2D eigenvalue weighted by atomic mass is 16.5. The molecule has 1 aliphatic rings. The third-order valence-corrected chi connectivity index (χ3v) is 4.75. The normalized spacial score (nSPS) is 14.9. The highest BCUT2D eigenvalue weighted by molar-refractivity contribution is 5.76. The molecule has 2 aromatic rings. The smallest absolute Gasteiger partial charge is 0.257 e. The number of benzene rings is 1. The summed E-state index contributed by atoms with van der Waals surface area (Å²) >= 11 is 0. The molecule has 0 atom stereocenters. The Kier molecular flexibility index (Phi) is 6.41. The van der Waals surface area contributed by atoms with E-state index in [1.165, 1.54) is 5.56 Å². The number of anilines is 1. The summed E-state index contributed by atoms with van der Waals surface area (Å²) < 4.78 is 5.23. The lowest BCUT2D eigenvalue weighted by Crippen LogP contribution is -2.42. The van der Waals surface area contributed by atoms with E-state index in [0.29, 0.717) is 18.1 Å². The number of carbonyl (C=O) groups excluding carboxylic acids is 1. The molecular formula is C20H26N4O2. The standard InChI is InChI=1S/C20H26N4O2/c1-26-20-19(21-12-13-22-20)23-17-10-14-24(15-11-17)18(25)9-5-8-16-6-3-2-4-7-16/h2-4,6-7,12-13,17H,5,8-11,14-15H2,1H3,(H,21,23). The fourth-order valence-electron chi connectivity index (χ4n) is 3.29. The van der Waals surface area contributed by atoms with Crippen molar-refractivity contribution < 1.29 is 9.53 Å². The lowest BCUT2D eigenvalue weighted by molar-refractivity contribution is -0.132. The molecule has 1 saturated heterocycles. The van der Waals surface area contributed by atoms with E-state index in [4.69, 9.17) is 4.74 Å². The van der Waals surface area contributed by atoms with Gasteiger partial charge in [0, 0.05) is 37.9 Å². The SMILES string of the molecule is COc1nccnc1NC1CCN(C(=O)CCCc2ccccc2)CC1. The van der Waals surface area contributed by atoms with Crippen LogP contribution in [0.1, 0.15) is 31.2 Å². The predicted molar refractivity (Wildman–Crippen MR) is 101 cm³/mol. The molecule has 6 heteroatoms. The predicted octanol–water partition coefficient (Wildman–Crippen LogP) is 2.91. The number of carbonyl (C=O) groups is 1. The van der Waals surface area contributed by atoms with Gasteiger partial charge < -0.3 is 15.0 Å². The minimum Gasteiger partial charge on any atom is -0.478 e. The van der Waals surface area contributed by atoms with Crippen LogP contribution >= 0.6 is 0 Å². The molecule has 0 saturated carbocycles. The van der Waals surface area contributed by atoms with E-state index >= 15 is 0 Å². The summed E-state index contributed by atoms with van der Waals surface area (Å²) in [4.78, 5) is 22.8. The maximum absolute atomic E-state index is 12.4. The van der Waals surface area contributed by atoms with E-state index in [-0.39, 0.29) is 11.9 Å². The van der Waals surface area contributed by atoms with Crippen LogP contribution in [0.15, 0.2) is 42.7 Å². The third-order valence-electron chi connectivity index (χ3n) is 4.75. The zero-order valence-electron chi connectivity index (χ0n) is 15.2. The Labute approximate surface area is 154 Å². The van der Waals surface area contributed by atoms with E-state index in [2.05, 4.69) is 27.4 Å². The van der Waals surface area contributed by atoms with Crippen molar-refractivity contribution in [2.45, 2.75) is 38.1 Å². The Morgan fingerprint density at radius 2 is 1.92 bits per heavy atom. The summed E-state index contributed by atoms with van der Waals surface area (Å²) in [5.74, 6) is 1.44. The third kappa shape index (κ3) is 4.94. The van der Waals surface area contributed by atoms with Gasteiger partial charge in [0.2, 0.25) is 5.91 Å². The second kappa shape index (κ2) is 9.17. The van der Waals surface area contributed by atoms with Crippen molar-refractivity contribution in [3.63, 3.8) is 0 Å². The molecule has 0 spiro atoms. The Morgan fingerprint density at radius 1 is 1.19 bits per heavy atom. The fraction of sp³-hybridized carbons (Fsp3) is 0.450. The second-order valence-corrected chi connectivity index (χ2v) is 6.55. The van der Waals surface area contributed by atoms with E-state index in [0.717, 1.165) is 38.8 Å². The van der Waals surface area contributed by atoms with Crippen LogP contribution in [0, 0.1) is 0 Å². The Morgan fingerprint density at radius 3 is 2.65 bits per heavy atom. The van der Waals surface area contributed by atoms with Gasteiger partial charge in [-0.2, -0.15) is 0 Å². The van der Waals surface area contributed by atoms with Gasteiger partial charge in [0.05, 0.1) is 7.11 Å². The number of piperidine rings is 1. The largest absolute Gasteiger partial charge is 0.478 e. The maximum atomic E-state index is 12.4. The minimum absolute atomic E-state index is 0.261. The molecular weight excluding hydrogens is 328 g/mol. The molecule has 1 aliphatic heterocycles. The molecule has 138 valence electrons. The number of nitrogens with one attached hydrogen (secondary N) is 1. The molecule has 6 nitrogen and oxygen atoms in total. The summed E-state index contributed by atoms with van der Waals surface area (Å²) in [6, 6.07) is 10.6. The molecule has 3 rings (SSSR count). The number of aryl methyl sites for hydroxylation is 1. The summed E-state index contributed by atoms with van der Waals surface area (Å²) in [5.41, 5.74) is 1.29. The second-order valence-electron chi connectivity index (χ2n) is 6.55. The van der Waals surface area contributed by atoms with Crippen molar-refractivity contribution in [2.75, 3.05) is 25.5 Å². The monoisotopic (exact) mass is 354 g/mol. The summed E-state index contributed by atoms with van der Waals surface area (Å²) in [5, 5.41) is 3.39. The summed E-state index contributed by atoms with van der Waals surface area (Å²) in [6.07, 6.45) is 7.55. The summed E-state index contributed by atoms with van der Waals surface area (Å²) in [6.45, 7) is 1.56. The maximum Gasteiger partial charge on any atom is 0.257 e. The first-order chi connectivity index (χ1) is 12.8. The number of hydrogen-bond acceptors (Lipinski definition) is 5. The molecule has 26 heavy (non-hydrogen) atoms. The molecule has 2 heterocycles. The fourth-order valence-corrected chi connectivity index (χ4v) is 3.29. The zero-order valence-corrected chi connectivity index (χ0v) is 15.2. The van der Waals surface area contributed by atoms with E-state index in [1.54, 1.807) is 19.5 Å². The number of likely N-dealkylation sites (tertiary alicyclic amines) is 1. The average molecular weight is 354 g/mol. The van der Waals surface area contributed by atoms with Crippen LogP contribution in [0.2, 0.25) is 0 Å². The van der Waals surface area contributed by atoms with Crippen LogP contribution in [-0.4, -0.2) is 47.0 Å². The average Bonchev–Trinajstić information content (AvgIpc) is 2.70. The topological polar surface area (TPSA) is 67.4 Å². The van der Waals surface area contributed by atoms with E-state index in [9.17, 15) is 4.79 Å².